The summed E-state index contributed by atoms with van der Waals surface area (Å²) in [6.45, 7) is 4.83. The number of rotatable bonds is 9. The van der Waals surface area contributed by atoms with Crippen molar-refractivity contribution in [2.75, 3.05) is 6.61 Å². The van der Waals surface area contributed by atoms with E-state index < -0.39 is 0 Å². The van der Waals surface area contributed by atoms with Crippen molar-refractivity contribution in [1.29, 1.82) is 0 Å². The zero-order chi connectivity index (χ0) is 14.4. The van der Waals surface area contributed by atoms with Crippen molar-refractivity contribution >= 4 is 0 Å². The maximum absolute atomic E-state index is 6.07. The normalized spacial score (nSPS) is 18.8. The van der Waals surface area contributed by atoms with Crippen molar-refractivity contribution in [3.8, 4) is 0 Å². The van der Waals surface area contributed by atoms with Crippen molar-refractivity contribution in [2.24, 2.45) is 5.73 Å². The molecule has 0 amide bonds. The smallest absolute Gasteiger partial charge is 0.229 e. The van der Waals surface area contributed by atoms with E-state index in [1.165, 1.54) is 19.3 Å². The Bertz CT molecular complexity index is 390. The standard InChI is InChI=1S/C15H27N3O2/c1-3-5-7-11(4-2)15-17-14(18-20-15)13(16)10-19-12-8-6-9-12/h11-13H,3-10,16H2,1-2H3. The molecule has 0 saturated heterocycles. The Morgan fingerprint density at radius 1 is 1.40 bits per heavy atom. The number of aromatic nitrogens is 2. The third-order valence-electron chi connectivity index (χ3n) is 4.10. The van der Waals surface area contributed by atoms with Gasteiger partial charge in [0.25, 0.3) is 0 Å². The zero-order valence-corrected chi connectivity index (χ0v) is 12.7. The van der Waals surface area contributed by atoms with E-state index >= 15 is 0 Å². The van der Waals surface area contributed by atoms with Crippen LogP contribution in [0.15, 0.2) is 4.52 Å². The molecule has 0 aromatic carbocycles. The van der Waals surface area contributed by atoms with Gasteiger partial charge in [-0.2, -0.15) is 4.98 Å². The summed E-state index contributed by atoms with van der Waals surface area (Å²) in [6, 6.07) is -0.281. The molecule has 1 aliphatic carbocycles. The summed E-state index contributed by atoms with van der Waals surface area (Å²) >= 11 is 0. The summed E-state index contributed by atoms with van der Waals surface area (Å²) in [5, 5.41) is 4.02. The van der Waals surface area contributed by atoms with E-state index in [0.717, 1.165) is 31.6 Å². The van der Waals surface area contributed by atoms with Crippen molar-refractivity contribution in [3.05, 3.63) is 11.7 Å². The molecular weight excluding hydrogens is 254 g/mol. The van der Waals surface area contributed by atoms with Gasteiger partial charge in [0.1, 0.15) is 0 Å². The summed E-state index contributed by atoms with van der Waals surface area (Å²) in [4.78, 5) is 4.47. The lowest BCUT2D eigenvalue weighted by molar-refractivity contribution is -0.00549. The zero-order valence-electron chi connectivity index (χ0n) is 12.7. The molecule has 0 aliphatic heterocycles. The van der Waals surface area contributed by atoms with E-state index in [0.29, 0.717) is 24.5 Å². The van der Waals surface area contributed by atoms with Crippen molar-refractivity contribution < 1.29 is 9.26 Å². The topological polar surface area (TPSA) is 74.2 Å². The van der Waals surface area contributed by atoms with Gasteiger partial charge in [0, 0.05) is 5.92 Å². The second kappa shape index (κ2) is 7.74. The molecule has 0 radical (unpaired) electrons. The van der Waals surface area contributed by atoms with Gasteiger partial charge in [0.2, 0.25) is 5.89 Å². The van der Waals surface area contributed by atoms with Gasteiger partial charge in [0.15, 0.2) is 5.82 Å². The molecule has 1 heterocycles. The maximum atomic E-state index is 6.07. The average molecular weight is 281 g/mol. The highest BCUT2D eigenvalue weighted by molar-refractivity contribution is 4.97. The molecule has 0 bridgehead atoms. The summed E-state index contributed by atoms with van der Waals surface area (Å²) in [5.41, 5.74) is 6.07. The molecule has 1 aromatic rings. The fourth-order valence-electron chi connectivity index (χ4n) is 2.37. The number of unbranched alkanes of at least 4 members (excludes halogenated alkanes) is 1. The van der Waals surface area contributed by atoms with Crippen LogP contribution in [-0.4, -0.2) is 22.9 Å². The van der Waals surface area contributed by atoms with Crippen LogP contribution in [0.3, 0.4) is 0 Å². The fourth-order valence-corrected chi connectivity index (χ4v) is 2.37. The first kappa shape index (κ1) is 15.4. The Morgan fingerprint density at radius 2 is 2.20 bits per heavy atom. The van der Waals surface area contributed by atoms with Crippen LogP contribution in [0, 0.1) is 0 Å². The molecule has 20 heavy (non-hydrogen) atoms. The Kier molecular flexibility index (Phi) is 5.98. The largest absolute Gasteiger partial charge is 0.376 e. The molecule has 1 aliphatic rings. The Morgan fingerprint density at radius 3 is 2.80 bits per heavy atom. The molecule has 114 valence electrons. The Labute approximate surface area is 121 Å². The van der Waals surface area contributed by atoms with E-state index in [4.69, 9.17) is 15.0 Å². The van der Waals surface area contributed by atoms with Gasteiger partial charge in [-0.25, -0.2) is 0 Å². The van der Waals surface area contributed by atoms with Crippen molar-refractivity contribution in [3.63, 3.8) is 0 Å². The molecule has 2 unspecified atom stereocenters. The lowest BCUT2D eigenvalue weighted by atomic mass is 9.96. The highest BCUT2D eigenvalue weighted by Gasteiger charge is 2.23. The van der Waals surface area contributed by atoms with E-state index in [9.17, 15) is 0 Å². The predicted molar refractivity (Wildman–Crippen MR) is 77.4 cm³/mol. The summed E-state index contributed by atoms with van der Waals surface area (Å²) in [5.74, 6) is 1.67. The monoisotopic (exact) mass is 281 g/mol. The average Bonchev–Trinajstić information content (AvgIpc) is 2.87. The first-order valence-electron chi connectivity index (χ1n) is 7.95. The molecule has 5 nitrogen and oxygen atoms in total. The van der Waals surface area contributed by atoms with E-state index in [1.807, 2.05) is 0 Å². The summed E-state index contributed by atoms with van der Waals surface area (Å²) < 4.78 is 11.1. The Balaban J connectivity index is 1.85. The molecule has 1 saturated carbocycles. The van der Waals surface area contributed by atoms with Gasteiger partial charge in [-0.1, -0.05) is 31.8 Å². The predicted octanol–water partition coefficient (Wildman–Crippen LogP) is 3.32. The van der Waals surface area contributed by atoms with E-state index in [1.54, 1.807) is 0 Å². The molecule has 2 atom stereocenters. The summed E-state index contributed by atoms with van der Waals surface area (Å²) in [7, 11) is 0. The van der Waals surface area contributed by atoms with Crippen LogP contribution in [0.4, 0.5) is 0 Å². The minimum atomic E-state index is -0.281. The van der Waals surface area contributed by atoms with E-state index in [-0.39, 0.29) is 6.04 Å². The lowest BCUT2D eigenvalue weighted by Crippen LogP contribution is -2.27. The van der Waals surface area contributed by atoms with Gasteiger partial charge >= 0.3 is 0 Å². The second-order valence-electron chi connectivity index (χ2n) is 5.73. The molecular formula is C15H27N3O2. The fraction of sp³-hybridized carbons (Fsp3) is 0.867. The SMILES string of the molecule is CCCCC(CC)c1nc(C(N)COC2CCC2)no1. The first-order chi connectivity index (χ1) is 9.74. The molecule has 5 heteroatoms. The van der Waals surface area contributed by atoms with Gasteiger partial charge < -0.3 is 15.0 Å². The third kappa shape index (κ3) is 4.03. The van der Waals surface area contributed by atoms with Crippen LogP contribution < -0.4 is 5.73 Å². The molecule has 1 aromatic heterocycles. The van der Waals surface area contributed by atoms with Crippen LogP contribution in [-0.2, 0) is 4.74 Å². The third-order valence-corrected chi connectivity index (χ3v) is 4.10. The lowest BCUT2D eigenvalue weighted by Gasteiger charge is -2.26. The maximum Gasteiger partial charge on any atom is 0.229 e. The van der Waals surface area contributed by atoms with Crippen LogP contribution in [0.1, 0.15) is 82.5 Å². The first-order valence-corrected chi connectivity index (χ1v) is 7.95. The van der Waals surface area contributed by atoms with Crippen LogP contribution in [0.2, 0.25) is 0 Å². The van der Waals surface area contributed by atoms with E-state index in [2.05, 4.69) is 24.0 Å². The van der Waals surface area contributed by atoms with Crippen LogP contribution in [0.5, 0.6) is 0 Å². The number of ether oxygens (including phenoxy) is 1. The second-order valence-corrected chi connectivity index (χ2v) is 5.73. The molecule has 1 fully saturated rings. The number of hydrogen-bond acceptors (Lipinski definition) is 5. The Hall–Kier alpha value is -0.940. The highest BCUT2D eigenvalue weighted by atomic mass is 16.5. The van der Waals surface area contributed by atoms with Gasteiger partial charge in [0.05, 0.1) is 18.8 Å². The molecule has 0 spiro atoms. The molecule has 2 N–H and O–H groups in total. The van der Waals surface area contributed by atoms with Gasteiger partial charge in [-0.3, -0.25) is 0 Å². The quantitative estimate of drug-likeness (QED) is 0.751. The number of nitrogens with zero attached hydrogens (tertiary/aromatic N) is 2. The van der Waals surface area contributed by atoms with Crippen LogP contribution >= 0.6 is 0 Å². The minimum absolute atomic E-state index is 0.281. The van der Waals surface area contributed by atoms with Crippen molar-refractivity contribution in [1.82, 2.24) is 10.1 Å². The number of hydrogen-bond donors (Lipinski definition) is 1. The minimum Gasteiger partial charge on any atom is -0.376 e. The van der Waals surface area contributed by atoms with Crippen molar-refractivity contribution in [2.45, 2.75) is 76.9 Å². The highest BCUT2D eigenvalue weighted by Crippen LogP contribution is 2.26. The van der Waals surface area contributed by atoms with Gasteiger partial charge in [-0.15, -0.1) is 0 Å². The van der Waals surface area contributed by atoms with Crippen LogP contribution in [0.25, 0.3) is 0 Å². The number of nitrogens with two attached hydrogens (primary N) is 1. The summed E-state index contributed by atoms with van der Waals surface area (Å²) in [6.07, 6.45) is 8.46. The van der Waals surface area contributed by atoms with Gasteiger partial charge in [-0.05, 0) is 32.1 Å². The molecule has 2 rings (SSSR count).